The van der Waals surface area contributed by atoms with Gasteiger partial charge in [-0.25, -0.2) is 15.0 Å². The summed E-state index contributed by atoms with van der Waals surface area (Å²) < 4.78 is 12.9. The Balaban J connectivity index is 1.31. The summed E-state index contributed by atoms with van der Waals surface area (Å²) >= 11 is 0. The maximum atomic E-state index is 10.9. The third kappa shape index (κ3) is 6.89. The average molecular weight is 610 g/mol. The van der Waals surface area contributed by atoms with Crippen LogP contribution in [0.2, 0.25) is 0 Å². The first-order valence-corrected chi connectivity index (χ1v) is 15.1. The lowest BCUT2D eigenvalue weighted by molar-refractivity contribution is -0.0580. The molecule has 1 aliphatic rings. The van der Waals surface area contributed by atoms with Gasteiger partial charge in [0.05, 0.1) is 19.5 Å². The molecule has 2 aromatic heterocycles. The van der Waals surface area contributed by atoms with E-state index in [1.165, 1.54) is 18.2 Å². The Morgan fingerprint density at radius 1 is 0.889 bits per heavy atom. The fourth-order valence-electron chi connectivity index (χ4n) is 5.72. The number of rotatable bonds is 13. The van der Waals surface area contributed by atoms with Crippen LogP contribution in [0, 0.1) is 0 Å². The van der Waals surface area contributed by atoms with Crippen molar-refractivity contribution in [3.05, 3.63) is 119 Å². The van der Waals surface area contributed by atoms with Gasteiger partial charge in [0.2, 0.25) is 0 Å². The predicted molar refractivity (Wildman–Crippen MR) is 171 cm³/mol. The van der Waals surface area contributed by atoms with Crippen molar-refractivity contribution in [3.63, 3.8) is 0 Å². The Morgan fingerprint density at radius 2 is 1.56 bits per heavy atom. The molecule has 11 nitrogen and oxygen atoms in total. The summed E-state index contributed by atoms with van der Waals surface area (Å²) in [6.45, 7) is 2.21. The van der Waals surface area contributed by atoms with E-state index in [1.54, 1.807) is 10.9 Å². The third-order valence-corrected chi connectivity index (χ3v) is 8.16. The number of aliphatic hydroxyl groups excluding tert-OH is 2. The minimum Gasteiger partial charge on any atom is -0.387 e. The van der Waals surface area contributed by atoms with E-state index in [9.17, 15) is 10.2 Å². The molecule has 0 amide bonds. The molecule has 0 saturated carbocycles. The van der Waals surface area contributed by atoms with Crippen LogP contribution >= 0.6 is 0 Å². The van der Waals surface area contributed by atoms with E-state index in [0.717, 1.165) is 11.1 Å². The van der Waals surface area contributed by atoms with Crippen molar-refractivity contribution < 1.29 is 19.7 Å². The van der Waals surface area contributed by atoms with Crippen LogP contribution in [0.15, 0.2) is 91.3 Å². The summed E-state index contributed by atoms with van der Waals surface area (Å²) in [4.78, 5) is 14.4. The molecule has 0 spiro atoms. The summed E-state index contributed by atoms with van der Waals surface area (Å²) in [5, 5.41) is 28.5. The number of anilines is 1. The minimum atomic E-state index is -1.19. The van der Waals surface area contributed by atoms with E-state index in [0.29, 0.717) is 49.0 Å². The molecule has 1 aliphatic heterocycles. The van der Waals surface area contributed by atoms with Crippen LogP contribution in [0.5, 0.6) is 0 Å². The Morgan fingerprint density at radius 3 is 2.20 bits per heavy atom. The molecule has 1 saturated heterocycles. The Hall–Kier alpha value is -4.23. The summed E-state index contributed by atoms with van der Waals surface area (Å²) in [6, 6.07) is 28.8. The highest BCUT2D eigenvalue weighted by Crippen LogP contribution is 2.33. The van der Waals surface area contributed by atoms with Crippen LogP contribution in [-0.2, 0) is 29.1 Å². The number of hydrogen-bond donors (Lipinski definition) is 5. The van der Waals surface area contributed by atoms with Gasteiger partial charge in [-0.15, -0.1) is 0 Å². The number of methoxy groups -OCH3 is 1. The quantitative estimate of drug-likeness (QED) is 0.135. The van der Waals surface area contributed by atoms with Crippen LogP contribution in [0.25, 0.3) is 11.2 Å². The second-order valence-electron chi connectivity index (χ2n) is 11.2. The number of benzene rings is 3. The average Bonchev–Trinajstić information content (AvgIpc) is 3.62. The molecule has 0 bridgehead atoms. The van der Waals surface area contributed by atoms with Gasteiger partial charge in [0.15, 0.2) is 23.2 Å². The summed E-state index contributed by atoms with van der Waals surface area (Å²) in [5.41, 5.74) is 11.3. The molecule has 3 heterocycles. The van der Waals surface area contributed by atoms with Crippen molar-refractivity contribution in [1.29, 1.82) is 0 Å². The number of hydrogen-bond acceptors (Lipinski definition) is 10. The van der Waals surface area contributed by atoms with Gasteiger partial charge in [0.1, 0.15) is 24.1 Å². The second-order valence-corrected chi connectivity index (χ2v) is 11.2. The van der Waals surface area contributed by atoms with Gasteiger partial charge < -0.3 is 36.1 Å². The Labute approximate surface area is 262 Å². The highest BCUT2D eigenvalue weighted by Gasteiger charge is 2.44. The maximum absolute atomic E-state index is 10.9. The third-order valence-electron chi connectivity index (χ3n) is 8.16. The first-order valence-electron chi connectivity index (χ1n) is 15.1. The normalized spacial score (nSPS) is 19.8. The van der Waals surface area contributed by atoms with Crippen LogP contribution < -0.4 is 16.4 Å². The number of fused-ring (bicyclic) bond motifs is 1. The molecule has 11 heteroatoms. The predicted octanol–water partition coefficient (Wildman–Crippen LogP) is 3.08. The van der Waals surface area contributed by atoms with Crippen molar-refractivity contribution in [2.24, 2.45) is 5.73 Å². The van der Waals surface area contributed by atoms with Crippen molar-refractivity contribution in [3.8, 4) is 0 Å². The molecular formula is C34H39N7O4. The zero-order valence-corrected chi connectivity index (χ0v) is 25.2. The van der Waals surface area contributed by atoms with Crippen molar-refractivity contribution in [1.82, 2.24) is 24.8 Å². The van der Waals surface area contributed by atoms with Gasteiger partial charge in [-0.1, -0.05) is 84.9 Å². The molecule has 45 heavy (non-hydrogen) atoms. The summed E-state index contributed by atoms with van der Waals surface area (Å²) in [7, 11) is 1.53. The number of ether oxygens (including phenoxy) is 2. The summed E-state index contributed by atoms with van der Waals surface area (Å²) in [6.07, 6.45) is -2.31. The van der Waals surface area contributed by atoms with E-state index in [2.05, 4.69) is 52.0 Å². The lowest BCUT2D eigenvalue weighted by atomic mass is 9.91. The summed E-state index contributed by atoms with van der Waals surface area (Å²) in [5.74, 6) is 1.17. The number of nitrogens with one attached hydrogen (secondary N) is 2. The Bertz CT molecular complexity index is 1630. The molecule has 6 rings (SSSR count). The molecule has 5 aromatic rings. The van der Waals surface area contributed by atoms with Gasteiger partial charge in [0.25, 0.3) is 0 Å². The monoisotopic (exact) mass is 609 g/mol. The second kappa shape index (κ2) is 14.2. The number of nitrogens with zero attached hydrogens (tertiary/aromatic N) is 4. The molecule has 1 fully saturated rings. The minimum absolute atomic E-state index is 0.0579. The van der Waals surface area contributed by atoms with E-state index >= 15 is 0 Å². The molecule has 6 N–H and O–H groups in total. The number of aromatic nitrogens is 4. The van der Waals surface area contributed by atoms with Crippen LogP contribution in [0.1, 0.15) is 40.2 Å². The molecule has 3 aromatic carbocycles. The number of imidazole rings is 1. The largest absolute Gasteiger partial charge is 0.387 e. The highest BCUT2D eigenvalue weighted by atomic mass is 16.6. The SMILES string of the molecule is COCC1OC(n2cnc3c(NCC(c4ccccc4)c4ccccc4)nc(CNCc4ccc(CN)cc4)nc32)[C@H](O)[C@@H]1O. The standard InChI is InChI=1S/C34H39N7O4/c1-44-20-27-30(42)31(43)34(45-27)41-21-38-29-32(37-18-26(24-8-4-2-5-9-24)25-10-6-3-7-11-25)39-28(40-33(29)41)19-36-17-23-14-12-22(16-35)13-15-23/h2-15,21,26-27,30-31,34,36,42-43H,16-20,35H2,1H3,(H,37,39,40)/t27?,30-,31-,34?/m1/s1. The molecule has 0 radical (unpaired) electrons. The van der Waals surface area contributed by atoms with Crippen LogP contribution in [0.4, 0.5) is 5.82 Å². The number of nitrogens with two attached hydrogens (primary N) is 1. The van der Waals surface area contributed by atoms with Crippen molar-refractivity contribution in [2.45, 2.75) is 50.1 Å². The zero-order valence-electron chi connectivity index (χ0n) is 25.2. The zero-order chi connectivity index (χ0) is 31.2. The fraction of sp³-hybridized carbons (Fsp3) is 0.324. The van der Waals surface area contributed by atoms with Gasteiger partial charge >= 0.3 is 0 Å². The van der Waals surface area contributed by atoms with Gasteiger partial charge in [0, 0.05) is 32.7 Å². The smallest absolute Gasteiger partial charge is 0.168 e. The van der Waals surface area contributed by atoms with E-state index < -0.39 is 24.5 Å². The van der Waals surface area contributed by atoms with E-state index in [-0.39, 0.29) is 12.5 Å². The fourth-order valence-corrected chi connectivity index (χ4v) is 5.72. The van der Waals surface area contributed by atoms with Crippen molar-refractivity contribution >= 4 is 17.0 Å². The van der Waals surface area contributed by atoms with Crippen LogP contribution in [0.3, 0.4) is 0 Å². The Kier molecular flexibility index (Phi) is 9.75. The molecule has 2 unspecified atom stereocenters. The van der Waals surface area contributed by atoms with E-state index in [1.807, 2.05) is 48.5 Å². The van der Waals surface area contributed by atoms with Gasteiger partial charge in [-0.3, -0.25) is 4.57 Å². The number of aliphatic hydroxyl groups is 2. The topological polar surface area (TPSA) is 153 Å². The highest BCUT2D eigenvalue weighted by molar-refractivity contribution is 5.83. The van der Waals surface area contributed by atoms with Gasteiger partial charge in [-0.2, -0.15) is 0 Å². The van der Waals surface area contributed by atoms with E-state index in [4.69, 9.17) is 25.2 Å². The molecular weight excluding hydrogens is 570 g/mol. The van der Waals surface area contributed by atoms with Gasteiger partial charge in [-0.05, 0) is 22.3 Å². The lowest BCUT2D eigenvalue weighted by Gasteiger charge is -2.20. The first-order chi connectivity index (χ1) is 22.1. The molecule has 0 aliphatic carbocycles. The van der Waals surface area contributed by atoms with Crippen molar-refractivity contribution in [2.75, 3.05) is 25.6 Å². The molecule has 234 valence electrons. The van der Waals surface area contributed by atoms with Crippen LogP contribution in [-0.4, -0.2) is 68.3 Å². The first kappa shape index (κ1) is 30.8. The molecule has 4 atom stereocenters. The maximum Gasteiger partial charge on any atom is 0.168 e. The lowest BCUT2D eigenvalue weighted by Crippen LogP contribution is -2.33.